The molecule has 0 spiro atoms. The molecule has 112 valence electrons. The molecule has 0 radical (unpaired) electrons. The lowest BCUT2D eigenvalue weighted by molar-refractivity contribution is -0.153. The summed E-state index contributed by atoms with van der Waals surface area (Å²) in [5, 5.41) is 0. The Kier molecular flexibility index (Phi) is 4.32. The van der Waals surface area contributed by atoms with Gasteiger partial charge in [0, 0.05) is 18.4 Å². The van der Waals surface area contributed by atoms with Crippen LogP contribution in [0.1, 0.15) is 18.7 Å². The van der Waals surface area contributed by atoms with Crippen molar-refractivity contribution < 1.29 is 17.9 Å². The van der Waals surface area contributed by atoms with Crippen molar-refractivity contribution in [2.45, 2.75) is 19.1 Å². The number of nitrogens with zero attached hydrogens (tertiary/aromatic N) is 4. The second-order valence-electron chi connectivity index (χ2n) is 4.23. The topological polar surface area (TPSA) is 86.8 Å². The van der Waals surface area contributed by atoms with Gasteiger partial charge in [-0.25, -0.2) is 15.0 Å². The summed E-state index contributed by atoms with van der Waals surface area (Å²) in [5.74, 6) is 0.136. The Morgan fingerprint density at radius 1 is 1.14 bits per heavy atom. The van der Waals surface area contributed by atoms with Gasteiger partial charge in [0.25, 0.3) is 0 Å². The first-order chi connectivity index (χ1) is 9.87. The van der Waals surface area contributed by atoms with E-state index in [1.165, 1.54) is 12.4 Å². The minimum absolute atomic E-state index is 0.0812. The molecule has 0 saturated heterocycles. The van der Waals surface area contributed by atoms with Gasteiger partial charge in [-0.1, -0.05) is 0 Å². The zero-order chi connectivity index (χ0) is 15.5. The van der Waals surface area contributed by atoms with Gasteiger partial charge in [0.1, 0.15) is 5.69 Å². The van der Waals surface area contributed by atoms with Crippen LogP contribution in [0.15, 0.2) is 24.8 Å². The van der Waals surface area contributed by atoms with Gasteiger partial charge in [-0.2, -0.15) is 13.2 Å². The Bertz CT molecular complexity index is 601. The number of rotatable bonds is 4. The molecule has 2 heterocycles. The van der Waals surface area contributed by atoms with Crippen LogP contribution in [0.3, 0.4) is 0 Å². The van der Waals surface area contributed by atoms with Gasteiger partial charge in [0.15, 0.2) is 18.2 Å². The highest BCUT2D eigenvalue weighted by Gasteiger charge is 2.28. The molecular weight excluding hydrogens is 287 g/mol. The molecule has 0 aliphatic carbocycles. The SMILES string of the molecule is CC(N)c1nccnc1-c1ncc(OCC(F)(F)F)cn1. The molecule has 6 nitrogen and oxygen atoms in total. The van der Waals surface area contributed by atoms with Gasteiger partial charge in [-0.15, -0.1) is 0 Å². The van der Waals surface area contributed by atoms with E-state index in [1.54, 1.807) is 6.92 Å². The maximum absolute atomic E-state index is 12.0. The fraction of sp³-hybridized carbons (Fsp3) is 0.333. The van der Waals surface area contributed by atoms with Gasteiger partial charge in [0.05, 0.1) is 18.1 Å². The number of alkyl halides is 3. The minimum Gasteiger partial charge on any atom is -0.481 e. The lowest BCUT2D eigenvalue weighted by Gasteiger charge is -2.10. The van der Waals surface area contributed by atoms with Crippen LogP contribution in [0.5, 0.6) is 5.75 Å². The lowest BCUT2D eigenvalue weighted by Crippen LogP contribution is -2.19. The van der Waals surface area contributed by atoms with E-state index in [0.29, 0.717) is 11.4 Å². The molecule has 0 aliphatic heterocycles. The Labute approximate surface area is 118 Å². The van der Waals surface area contributed by atoms with E-state index in [-0.39, 0.29) is 17.6 Å². The van der Waals surface area contributed by atoms with E-state index in [4.69, 9.17) is 5.73 Å². The third-order valence-corrected chi connectivity index (χ3v) is 2.40. The third kappa shape index (κ3) is 4.09. The molecule has 0 aromatic carbocycles. The van der Waals surface area contributed by atoms with Crippen LogP contribution in [0, 0.1) is 0 Å². The summed E-state index contributed by atoms with van der Waals surface area (Å²) in [6.45, 7) is 0.334. The van der Waals surface area contributed by atoms with Gasteiger partial charge >= 0.3 is 6.18 Å². The standard InChI is InChI=1S/C12H12F3N5O/c1-7(16)9-10(18-3-2-17-9)11-19-4-8(5-20-11)21-6-12(13,14)15/h2-5,7H,6,16H2,1H3. The van der Waals surface area contributed by atoms with Crippen molar-refractivity contribution in [3.05, 3.63) is 30.5 Å². The highest BCUT2D eigenvalue weighted by Crippen LogP contribution is 2.21. The number of halogens is 3. The van der Waals surface area contributed by atoms with Crippen molar-refractivity contribution >= 4 is 0 Å². The van der Waals surface area contributed by atoms with Crippen molar-refractivity contribution in [1.29, 1.82) is 0 Å². The minimum atomic E-state index is -4.41. The number of ether oxygens (including phenoxy) is 1. The van der Waals surface area contributed by atoms with Gasteiger partial charge in [-0.05, 0) is 6.92 Å². The zero-order valence-electron chi connectivity index (χ0n) is 11.0. The first-order valence-electron chi connectivity index (χ1n) is 5.95. The number of aromatic nitrogens is 4. The van der Waals surface area contributed by atoms with Crippen LogP contribution in [0.4, 0.5) is 13.2 Å². The summed E-state index contributed by atoms with van der Waals surface area (Å²) in [5.41, 5.74) is 6.66. The third-order valence-electron chi connectivity index (χ3n) is 2.40. The fourth-order valence-electron chi connectivity index (χ4n) is 1.53. The molecule has 2 aromatic rings. The molecule has 1 unspecified atom stereocenters. The van der Waals surface area contributed by atoms with E-state index in [0.717, 1.165) is 12.4 Å². The summed E-state index contributed by atoms with van der Waals surface area (Å²) in [4.78, 5) is 16.1. The first kappa shape index (κ1) is 15.1. The highest BCUT2D eigenvalue weighted by atomic mass is 19.4. The molecule has 0 amide bonds. The van der Waals surface area contributed by atoms with Crippen LogP contribution in [0.25, 0.3) is 11.5 Å². The maximum atomic E-state index is 12.0. The number of nitrogens with two attached hydrogens (primary N) is 1. The van der Waals surface area contributed by atoms with Gasteiger partial charge in [-0.3, -0.25) is 4.98 Å². The predicted molar refractivity (Wildman–Crippen MR) is 67.2 cm³/mol. The second kappa shape index (κ2) is 6.00. The molecule has 1 atom stereocenters. The van der Waals surface area contributed by atoms with Crippen molar-refractivity contribution in [3.8, 4) is 17.3 Å². The zero-order valence-corrected chi connectivity index (χ0v) is 11.0. The van der Waals surface area contributed by atoms with E-state index in [1.807, 2.05) is 0 Å². The molecule has 2 aromatic heterocycles. The highest BCUT2D eigenvalue weighted by molar-refractivity contribution is 5.52. The van der Waals surface area contributed by atoms with Crippen LogP contribution < -0.4 is 10.5 Å². The molecule has 2 rings (SSSR count). The van der Waals surface area contributed by atoms with Crippen molar-refractivity contribution in [1.82, 2.24) is 19.9 Å². The molecule has 2 N–H and O–H groups in total. The Hall–Kier alpha value is -2.29. The summed E-state index contributed by atoms with van der Waals surface area (Å²) in [7, 11) is 0. The normalized spacial score (nSPS) is 13.0. The maximum Gasteiger partial charge on any atom is 0.422 e. The lowest BCUT2D eigenvalue weighted by atomic mass is 10.2. The van der Waals surface area contributed by atoms with Crippen LogP contribution in [-0.2, 0) is 0 Å². The van der Waals surface area contributed by atoms with Crippen LogP contribution in [-0.4, -0.2) is 32.7 Å². The van der Waals surface area contributed by atoms with Crippen molar-refractivity contribution in [3.63, 3.8) is 0 Å². The molecule has 0 saturated carbocycles. The quantitative estimate of drug-likeness (QED) is 0.927. The molecule has 0 bridgehead atoms. The summed E-state index contributed by atoms with van der Waals surface area (Å²) < 4.78 is 40.6. The fourth-order valence-corrected chi connectivity index (χ4v) is 1.53. The Morgan fingerprint density at radius 3 is 2.33 bits per heavy atom. The van der Waals surface area contributed by atoms with Crippen molar-refractivity contribution in [2.75, 3.05) is 6.61 Å². The van der Waals surface area contributed by atoms with Crippen molar-refractivity contribution in [2.24, 2.45) is 5.73 Å². The molecular formula is C12H12F3N5O. The van der Waals surface area contributed by atoms with E-state index < -0.39 is 12.8 Å². The molecule has 0 fully saturated rings. The number of hydrogen-bond acceptors (Lipinski definition) is 6. The van der Waals surface area contributed by atoms with E-state index in [9.17, 15) is 13.2 Å². The van der Waals surface area contributed by atoms with Crippen LogP contribution in [0.2, 0.25) is 0 Å². The second-order valence-corrected chi connectivity index (χ2v) is 4.23. The molecule has 9 heteroatoms. The summed E-state index contributed by atoms with van der Waals surface area (Å²) in [6, 6.07) is -0.376. The Balaban J connectivity index is 2.20. The molecule has 21 heavy (non-hydrogen) atoms. The Morgan fingerprint density at radius 2 is 1.76 bits per heavy atom. The average Bonchev–Trinajstić information content (AvgIpc) is 2.45. The van der Waals surface area contributed by atoms with Gasteiger partial charge < -0.3 is 10.5 Å². The van der Waals surface area contributed by atoms with Crippen LogP contribution >= 0.6 is 0 Å². The summed E-state index contributed by atoms with van der Waals surface area (Å²) in [6.07, 6.45) is 0.828. The van der Waals surface area contributed by atoms with E-state index in [2.05, 4.69) is 24.7 Å². The largest absolute Gasteiger partial charge is 0.481 e. The monoisotopic (exact) mass is 299 g/mol. The predicted octanol–water partition coefficient (Wildman–Crippen LogP) is 1.89. The van der Waals surface area contributed by atoms with E-state index >= 15 is 0 Å². The average molecular weight is 299 g/mol. The number of hydrogen-bond donors (Lipinski definition) is 1. The smallest absolute Gasteiger partial charge is 0.422 e. The summed E-state index contributed by atoms with van der Waals surface area (Å²) >= 11 is 0. The first-order valence-corrected chi connectivity index (χ1v) is 5.95. The van der Waals surface area contributed by atoms with Gasteiger partial charge in [0.2, 0.25) is 0 Å². The molecule has 0 aliphatic rings.